The van der Waals surface area contributed by atoms with E-state index in [1.807, 2.05) is 0 Å². The monoisotopic (exact) mass is 813 g/mol. The predicted octanol–water partition coefficient (Wildman–Crippen LogP) is 14.7. The first-order valence-electron chi connectivity index (χ1n) is 23.6. The summed E-state index contributed by atoms with van der Waals surface area (Å²) in [6.45, 7) is 3.68. The lowest BCUT2D eigenvalue weighted by Gasteiger charge is -2.18. The Morgan fingerprint density at radius 3 is 1.21 bits per heavy atom. The minimum Gasteiger partial charge on any atom is -0.462 e. The Kier molecular flexibility index (Phi) is 42.0. The molecule has 0 aliphatic heterocycles. The molecule has 0 spiro atoms. The predicted molar refractivity (Wildman–Crippen MR) is 235 cm³/mol. The van der Waals surface area contributed by atoms with Crippen LogP contribution in [-0.4, -0.2) is 41.0 Å². The van der Waals surface area contributed by atoms with Gasteiger partial charge in [0.25, 0.3) is 0 Å². The summed E-state index contributed by atoms with van der Waals surface area (Å²) in [6, 6.07) is 0. The average molecular weight is 813 g/mol. The van der Waals surface area contributed by atoms with Gasteiger partial charge in [0.15, 0.2) is 6.10 Å². The molecule has 0 aliphatic carbocycles. The van der Waals surface area contributed by atoms with Gasteiger partial charge in [-0.25, -0.2) is 4.57 Å². The molecule has 0 heterocycles. The van der Waals surface area contributed by atoms with Crippen molar-refractivity contribution in [2.45, 2.75) is 251 Å². The number of phosphoric ester groups is 1. The SMILES string of the molecule is CCCCCCCC/C=C/C/C=C/CCCCC(=O)OC[C@H](COP(=O)(O)O)OC(=O)CCCCCCCCCCCCCCCCCCCCCCCCC. The average Bonchev–Trinajstić information content (AvgIpc) is 3.17. The van der Waals surface area contributed by atoms with Crippen LogP contribution in [0, 0.1) is 0 Å². The number of carbonyl (C=O) groups is 2. The van der Waals surface area contributed by atoms with Crippen molar-refractivity contribution in [3.63, 3.8) is 0 Å². The molecule has 2 N–H and O–H groups in total. The van der Waals surface area contributed by atoms with Crippen molar-refractivity contribution in [2.75, 3.05) is 13.2 Å². The van der Waals surface area contributed by atoms with Gasteiger partial charge in [0, 0.05) is 12.8 Å². The zero-order chi connectivity index (χ0) is 41.1. The number of rotatable bonds is 44. The molecule has 0 amide bonds. The molecule has 330 valence electrons. The van der Waals surface area contributed by atoms with E-state index in [1.54, 1.807) is 0 Å². The second-order valence-electron chi connectivity index (χ2n) is 16.1. The van der Waals surface area contributed by atoms with Crippen molar-refractivity contribution < 1.29 is 37.9 Å². The Balaban J connectivity index is 3.83. The number of unbranched alkanes of at least 4 members (excludes halogenated alkanes) is 30. The normalized spacial score (nSPS) is 12.6. The van der Waals surface area contributed by atoms with Gasteiger partial charge >= 0.3 is 19.8 Å². The number of esters is 2. The summed E-state index contributed by atoms with van der Waals surface area (Å²) in [7, 11) is -4.76. The standard InChI is InChI=1S/C47H89O8P/c1-3-5-7-9-11-13-15-17-19-20-21-22-23-24-25-26-28-30-32-34-36-38-40-42-47(49)55-45(44-54-56(50,51)52)43-53-46(48)41-39-37-35-33-31-29-27-18-16-14-12-10-8-6-4-2/h18,27,31,33,45H,3-17,19-26,28-30,32,34-44H2,1-2H3,(H2,50,51,52)/b27-18+,33-31+/t45-/m1/s1. The van der Waals surface area contributed by atoms with Crippen LogP contribution in [0.4, 0.5) is 0 Å². The van der Waals surface area contributed by atoms with Gasteiger partial charge in [-0.2, -0.15) is 0 Å². The van der Waals surface area contributed by atoms with Gasteiger partial charge < -0.3 is 19.3 Å². The molecule has 0 unspecified atom stereocenters. The van der Waals surface area contributed by atoms with E-state index in [1.165, 1.54) is 161 Å². The van der Waals surface area contributed by atoms with Crippen molar-refractivity contribution in [3.05, 3.63) is 24.3 Å². The Morgan fingerprint density at radius 2 is 0.804 bits per heavy atom. The number of hydrogen-bond acceptors (Lipinski definition) is 6. The minimum absolute atomic E-state index is 0.210. The first-order valence-corrected chi connectivity index (χ1v) is 25.2. The number of phosphoric acid groups is 1. The second kappa shape index (κ2) is 43.1. The topological polar surface area (TPSA) is 119 Å². The van der Waals surface area contributed by atoms with E-state index in [4.69, 9.17) is 19.3 Å². The van der Waals surface area contributed by atoms with E-state index in [-0.39, 0.29) is 19.4 Å². The highest BCUT2D eigenvalue weighted by atomic mass is 31.2. The van der Waals surface area contributed by atoms with Crippen molar-refractivity contribution in [3.8, 4) is 0 Å². The van der Waals surface area contributed by atoms with Gasteiger partial charge in [-0.15, -0.1) is 0 Å². The lowest BCUT2D eigenvalue weighted by molar-refractivity contribution is -0.161. The fourth-order valence-electron chi connectivity index (χ4n) is 6.93. The summed E-state index contributed by atoms with van der Waals surface area (Å²) in [4.78, 5) is 42.9. The lowest BCUT2D eigenvalue weighted by Crippen LogP contribution is -2.29. The third-order valence-electron chi connectivity index (χ3n) is 10.5. The summed E-state index contributed by atoms with van der Waals surface area (Å²) in [6.07, 6.45) is 50.6. The maximum Gasteiger partial charge on any atom is 0.469 e. The van der Waals surface area contributed by atoms with E-state index >= 15 is 0 Å². The van der Waals surface area contributed by atoms with E-state index in [9.17, 15) is 14.2 Å². The van der Waals surface area contributed by atoms with E-state index in [2.05, 4.69) is 42.7 Å². The minimum atomic E-state index is -4.76. The highest BCUT2D eigenvalue weighted by Crippen LogP contribution is 2.36. The van der Waals surface area contributed by atoms with E-state index in [0.29, 0.717) is 12.8 Å². The van der Waals surface area contributed by atoms with Crippen molar-refractivity contribution in [2.24, 2.45) is 0 Å². The van der Waals surface area contributed by atoms with Crippen LogP contribution in [0.15, 0.2) is 24.3 Å². The van der Waals surface area contributed by atoms with Crippen molar-refractivity contribution >= 4 is 19.8 Å². The molecule has 8 nitrogen and oxygen atoms in total. The number of allylic oxidation sites excluding steroid dienone is 4. The summed E-state index contributed by atoms with van der Waals surface area (Å²) in [5.41, 5.74) is 0. The molecule has 0 aromatic heterocycles. The van der Waals surface area contributed by atoms with Gasteiger partial charge in [-0.3, -0.25) is 14.1 Å². The molecule has 1 atom stereocenters. The fraction of sp³-hybridized carbons (Fsp3) is 0.872. The van der Waals surface area contributed by atoms with E-state index in [0.717, 1.165) is 44.9 Å². The largest absolute Gasteiger partial charge is 0.469 e. The zero-order valence-corrected chi connectivity index (χ0v) is 37.4. The molecular formula is C47H89O8P. The molecule has 9 heteroatoms. The molecule has 0 fully saturated rings. The Hall–Kier alpha value is -1.47. The van der Waals surface area contributed by atoms with E-state index < -0.39 is 32.5 Å². The Morgan fingerprint density at radius 1 is 0.464 bits per heavy atom. The molecule has 0 rings (SSSR count). The summed E-state index contributed by atoms with van der Waals surface area (Å²) < 4.78 is 26.4. The Bertz CT molecular complexity index is 962. The van der Waals surface area contributed by atoms with Crippen LogP contribution in [0.25, 0.3) is 0 Å². The quantitative estimate of drug-likeness (QED) is 0.0270. The summed E-state index contributed by atoms with van der Waals surface area (Å²) >= 11 is 0. The van der Waals surface area contributed by atoms with Crippen LogP contribution in [0.5, 0.6) is 0 Å². The molecule has 0 aliphatic rings. The third kappa shape index (κ3) is 45.2. The molecule has 0 bridgehead atoms. The molecule has 0 saturated heterocycles. The van der Waals surface area contributed by atoms with Crippen molar-refractivity contribution in [1.82, 2.24) is 0 Å². The number of ether oxygens (including phenoxy) is 2. The maximum atomic E-state index is 12.4. The first-order chi connectivity index (χ1) is 27.3. The smallest absolute Gasteiger partial charge is 0.462 e. The maximum absolute atomic E-state index is 12.4. The summed E-state index contributed by atoms with van der Waals surface area (Å²) in [5, 5.41) is 0. The van der Waals surface area contributed by atoms with Crippen LogP contribution >= 0.6 is 7.82 Å². The van der Waals surface area contributed by atoms with Crippen LogP contribution in [0.2, 0.25) is 0 Å². The zero-order valence-electron chi connectivity index (χ0n) is 36.5. The second-order valence-corrected chi connectivity index (χ2v) is 17.3. The van der Waals surface area contributed by atoms with Crippen LogP contribution in [0.1, 0.15) is 245 Å². The first kappa shape index (κ1) is 54.5. The highest BCUT2D eigenvalue weighted by Gasteiger charge is 2.22. The number of hydrogen-bond donors (Lipinski definition) is 2. The van der Waals surface area contributed by atoms with Crippen LogP contribution < -0.4 is 0 Å². The molecule has 0 radical (unpaired) electrons. The summed E-state index contributed by atoms with van der Waals surface area (Å²) in [5.74, 6) is -0.911. The molecule has 56 heavy (non-hydrogen) atoms. The van der Waals surface area contributed by atoms with Gasteiger partial charge in [0.1, 0.15) is 6.61 Å². The molecule has 0 saturated carbocycles. The van der Waals surface area contributed by atoms with Gasteiger partial charge in [0.05, 0.1) is 6.61 Å². The fourth-order valence-corrected chi connectivity index (χ4v) is 7.30. The number of carbonyl (C=O) groups excluding carboxylic acids is 2. The Labute approximate surface area is 345 Å². The van der Waals surface area contributed by atoms with Crippen LogP contribution in [0.3, 0.4) is 0 Å². The van der Waals surface area contributed by atoms with Crippen LogP contribution in [-0.2, 0) is 28.2 Å². The van der Waals surface area contributed by atoms with Gasteiger partial charge in [-0.1, -0.05) is 212 Å². The molecule has 0 aromatic rings. The third-order valence-corrected chi connectivity index (χ3v) is 11.0. The van der Waals surface area contributed by atoms with Gasteiger partial charge in [-0.05, 0) is 44.9 Å². The lowest BCUT2D eigenvalue weighted by atomic mass is 10.0. The highest BCUT2D eigenvalue weighted by molar-refractivity contribution is 7.46. The molecular weight excluding hydrogens is 723 g/mol. The van der Waals surface area contributed by atoms with Crippen molar-refractivity contribution in [1.29, 1.82) is 0 Å². The van der Waals surface area contributed by atoms with Gasteiger partial charge in [0.2, 0.25) is 0 Å². The molecule has 0 aromatic carbocycles.